The number of unbranched alkanes of at least 4 members (excludes halogenated alkanes) is 3. The number of carbonyl (C=O) groups is 1. The summed E-state index contributed by atoms with van der Waals surface area (Å²) in [5, 5.41) is 2.99. The highest BCUT2D eigenvalue weighted by Crippen LogP contribution is 2.08. The Morgan fingerprint density at radius 2 is 2.24 bits per heavy atom. The second-order valence-electron chi connectivity index (χ2n) is 5.13. The third-order valence-electron chi connectivity index (χ3n) is 3.22. The second kappa shape index (κ2) is 9.95. The van der Waals surface area contributed by atoms with Crippen molar-refractivity contribution in [1.82, 2.24) is 10.3 Å². The molecule has 0 aliphatic rings. The molecule has 0 fully saturated rings. The Morgan fingerprint density at radius 1 is 1.43 bits per heavy atom. The van der Waals surface area contributed by atoms with Crippen LogP contribution < -0.4 is 11.1 Å². The standard InChI is InChI=1S/C17H25N3O/c1-3-4-5-6-9-14(2)20-17(21)16-15(10-7-12-18)11-8-13-19-16/h8,11,13-14H,3-6,9,12,18H2,1-2H3,(H,20,21). The van der Waals surface area contributed by atoms with E-state index in [1.807, 2.05) is 6.92 Å². The number of nitrogens with zero attached hydrogens (tertiary/aromatic N) is 1. The Hall–Kier alpha value is -1.86. The summed E-state index contributed by atoms with van der Waals surface area (Å²) in [7, 11) is 0. The predicted molar refractivity (Wildman–Crippen MR) is 85.9 cm³/mol. The highest BCUT2D eigenvalue weighted by atomic mass is 16.1. The molecule has 21 heavy (non-hydrogen) atoms. The van der Waals surface area contributed by atoms with Gasteiger partial charge in [-0.1, -0.05) is 44.4 Å². The molecule has 1 aromatic heterocycles. The molecule has 1 heterocycles. The third-order valence-corrected chi connectivity index (χ3v) is 3.22. The van der Waals surface area contributed by atoms with Crippen molar-refractivity contribution in [1.29, 1.82) is 0 Å². The quantitative estimate of drug-likeness (QED) is 0.598. The number of rotatable bonds is 7. The van der Waals surface area contributed by atoms with E-state index in [1.165, 1.54) is 19.3 Å². The minimum absolute atomic E-state index is 0.145. The van der Waals surface area contributed by atoms with Crippen molar-refractivity contribution in [2.24, 2.45) is 5.73 Å². The first kappa shape index (κ1) is 17.2. The number of aromatic nitrogens is 1. The van der Waals surface area contributed by atoms with Crippen molar-refractivity contribution in [3.8, 4) is 11.8 Å². The lowest BCUT2D eigenvalue weighted by Crippen LogP contribution is -2.33. The van der Waals surface area contributed by atoms with Crippen LogP contribution in [0.25, 0.3) is 0 Å². The van der Waals surface area contributed by atoms with Gasteiger partial charge >= 0.3 is 0 Å². The summed E-state index contributed by atoms with van der Waals surface area (Å²) in [4.78, 5) is 16.4. The summed E-state index contributed by atoms with van der Waals surface area (Å²) in [6.45, 7) is 4.48. The van der Waals surface area contributed by atoms with Gasteiger partial charge in [0.15, 0.2) is 0 Å². The van der Waals surface area contributed by atoms with Crippen molar-refractivity contribution in [3.05, 3.63) is 29.6 Å². The molecule has 0 bridgehead atoms. The van der Waals surface area contributed by atoms with E-state index in [1.54, 1.807) is 18.3 Å². The van der Waals surface area contributed by atoms with Crippen LogP contribution in [0.5, 0.6) is 0 Å². The van der Waals surface area contributed by atoms with Gasteiger partial charge in [0.1, 0.15) is 5.69 Å². The lowest BCUT2D eigenvalue weighted by molar-refractivity contribution is 0.0932. The molecule has 1 unspecified atom stereocenters. The first-order valence-corrected chi connectivity index (χ1v) is 7.63. The lowest BCUT2D eigenvalue weighted by Gasteiger charge is -2.14. The van der Waals surface area contributed by atoms with Gasteiger partial charge in [0.2, 0.25) is 0 Å². The fourth-order valence-corrected chi connectivity index (χ4v) is 2.07. The van der Waals surface area contributed by atoms with Gasteiger partial charge in [-0.15, -0.1) is 0 Å². The summed E-state index contributed by atoms with van der Waals surface area (Å²) in [6.07, 6.45) is 7.42. The molecule has 0 saturated carbocycles. The monoisotopic (exact) mass is 287 g/mol. The van der Waals surface area contributed by atoms with Crippen LogP contribution in [0.3, 0.4) is 0 Å². The van der Waals surface area contributed by atoms with E-state index in [9.17, 15) is 4.79 Å². The zero-order valence-corrected chi connectivity index (χ0v) is 13.0. The molecule has 0 spiro atoms. The van der Waals surface area contributed by atoms with Gasteiger partial charge in [-0.25, -0.2) is 4.98 Å². The molecule has 0 radical (unpaired) electrons. The minimum Gasteiger partial charge on any atom is -0.348 e. The number of hydrogen-bond acceptors (Lipinski definition) is 3. The Bertz CT molecular complexity index is 502. The fraction of sp³-hybridized carbons (Fsp3) is 0.529. The maximum Gasteiger partial charge on any atom is 0.271 e. The first-order chi connectivity index (χ1) is 10.2. The summed E-state index contributed by atoms with van der Waals surface area (Å²) in [5.41, 5.74) is 6.37. The molecule has 1 rings (SSSR count). The van der Waals surface area contributed by atoms with Crippen molar-refractivity contribution >= 4 is 5.91 Å². The molecule has 0 aromatic carbocycles. The maximum absolute atomic E-state index is 12.3. The average molecular weight is 287 g/mol. The summed E-state index contributed by atoms with van der Waals surface area (Å²) in [5.74, 6) is 5.48. The number of amides is 1. The van der Waals surface area contributed by atoms with Gasteiger partial charge in [0, 0.05) is 12.2 Å². The van der Waals surface area contributed by atoms with Crippen LogP contribution in [0.4, 0.5) is 0 Å². The highest BCUT2D eigenvalue weighted by molar-refractivity contribution is 5.94. The third kappa shape index (κ3) is 6.42. The maximum atomic E-state index is 12.3. The molecule has 0 aliphatic carbocycles. The van der Waals surface area contributed by atoms with Crippen molar-refractivity contribution in [2.75, 3.05) is 6.54 Å². The number of carbonyl (C=O) groups excluding carboxylic acids is 1. The van der Waals surface area contributed by atoms with Crippen LogP contribution in [-0.2, 0) is 0 Å². The zero-order valence-electron chi connectivity index (χ0n) is 13.0. The van der Waals surface area contributed by atoms with Crippen LogP contribution in [0.15, 0.2) is 18.3 Å². The fourth-order valence-electron chi connectivity index (χ4n) is 2.07. The van der Waals surface area contributed by atoms with Gasteiger partial charge in [-0.05, 0) is 25.5 Å². The SMILES string of the molecule is CCCCCCC(C)NC(=O)c1ncccc1C#CCN. The van der Waals surface area contributed by atoms with Crippen molar-refractivity contribution in [2.45, 2.75) is 52.0 Å². The van der Waals surface area contributed by atoms with E-state index in [-0.39, 0.29) is 18.5 Å². The average Bonchev–Trinajstić information content (AvgIpc) is 2.49. The zero-order chi connectivity index (χ0) is 15.5. The number of hydrogen-bond donors (Lipinski definition) is 2. The van der Waals surface area contributed by atoms with Crippen LogP contribution in [0.2, 0.25) is 0 Å². The normalized spacial score (nSPS) is 11.4. The molecular formula is C17H25N3O. The minimum atomic E-state index is -0.167. The molecular weight excluding hydrogens is 262 g/mol. The second-order valence-corrected chi connectivity index (χ2v) is 5.13. The van der Waals surface area contributed by atoms with Gasteiger partial charge in [-0.3, -0.25) is 4.79 Å². The molecule has 1 amide bonds. The summed E-state index contributed by atoms with van der Waals surface area (Å²) in [6, 6.07) is 3.70. The molecule has 114 valence electrons. The number of nitrogens with two attached hydrogens (primary N) is 1. The Labute approximate surface area is 127 Å². The molecule has 0 aliphatic heterocycles. The van der Waals surface area contributed by atoms with E-state index < -0.39 is 0 Å². The highest BCUT2D eigenvalue weighted by Gasteiger charge is 2.13. The van der Waals surface area contributed by atoms with Crippen LogP contribution >= 0.6 is 0 Å². The van der Waals surface area contributed by atoms with Crippen molar-refractivity contribution < 1.29 is 4.79 Å². The number of pyridine rings is 1. The first-order valence-electron chi connectivity index (χ1n) is 7.63. The topological polar surface area (TPSA) is 68.0 Å². The molecule has 4 nitrogen and oxygen atoms in total. The van der Waals surface area contributed by atoms with E-state index in [0.717, 1.165) is 12.8 Å². The Balaban J connectivity index is 2.59. The molecule has 3 N–H and O–H groups in total. The summed E-state index contributed by atoms with van der Waals surface area (Å²) < 4.78 is 0. The molecule has 1 atom stereocenters. The van der Waals surface area contributed by atoms with E-state index in [4.69, 9.17) is 5.73 Å². The lowest BCUT2D eigenvalue weighted by atomic mass is 10.1. The van der Waals surface area contributed by atoms with E-state index >= 15 is 0 Å². The molecule has 1 aromatic rings. The van der Waals surface area contributed by atoms with Gasteiger partial charge in [0.05, 0.1) is 12.1 Å². The Kier molecular flexibility index (Phi) is 8.15. The van der Waals surface area contributed by atoms with Crippen molar-refractivity contribution in [3.63, 3.8) is 0 Å². The molecule has 0 saturated heterocycles. The van der Waals surface area contributed by atoms with Crippen LogP contribution in [-0.4, -0.2) is 23.5 Å². The van der Waals surface area contributed by atoms with Gasteiger partial charge < -0.3 is 11.1 Å². The molecule has 4 heteroatoms. The van der Waals surface area contributed by atoms with E-state index in [2.05, 4.69) is 29.1 Å². The van der Waals surface area contributed by atoms with Gasteiger partial charge in [0.25, 0.3) is 5.91 Å². The number of nitrogens with one attached hydrogen (secondary N) is 1. The van der Waals surface area contributed by atoms with E-state index in [0.29, 0.717) is 11.3 Å². The van der Waals surface area contributed by atoms with Crippen LogP contribution in [0.1, 0.15) is 62.0 Å². The largest absolute Gasteiger partial charge is 0.348 e. The Morgan fingerprint density at radius 3 is 2.95 bits per heavy atom. The summed E-state index contributed by atoms with van der Waals surface area (Å²) >= 11 is 0. The van der Waals surface area contributed by atoms with Gasteiger partial charge in [-0.2, -0.15) is 0 Å². The predicted octanol–water partition coefficient (Wildman–Crippen LogP) is 2.48. The smallest absolute Gasteiger partial charge is 0.271 e. The van der Waals surface area contributed by atoms with Crippen LogP contribution in [0, 0.1) is 11.8 Å².